The van der Waals surface area contributed by atoms with Crippen LogP contribution in [0, 0.1) is 0 Å². The van der Waals surface area contributed by atoms with Crippen molar-refractivity contribution in [3.63, 3.8) is 0 Å². The van der Waals surface area contributed by atoms with E-state index in [1.807, 2.05) is 6.92 Å². The summed E-state index contributed by atoms with van der Waals surface area (Å²) in [6.07, 6.45) is 0.850. The lowest BCUT2D eigenvalue weighted by atomic mass is 10.1. The van der Waals surface area contributed by atoms with Gasteiger partial charge in [0.1, 0.15) is 5.60 Å². The van der Waals surface area contributed by atoms with Crippen molar-refractivity contribution in [1.82, 2.24) is 5.32 Å². The van der Waals surface area contributed by atoms with Crippen LogP contribution >= 0.6 is 0 Å². The predicted molar refractivity (Wildman–Crippen MR) is 96.6 cm³/mol. The number of alkyl carbamates (subject to hydrolysis) is 1. The second-order valence-electron chi connectivity index (χ2n) is 6.80. The van der Waals surface area contributed by atoms with Crippen molar-refractivity contribution in [1.29, 1.82) is 0 Å². The molecular formula is C18H27NO5S. The molecule has 0 fully saturated rings. The van der Waals surface area contributed by atoms with E-state index in [2.05, 4.69) is 5.32 Å². The van der Waals surface area contributed by atoms with Crippen molar-refractivity contribution in [3.8, 4) is 0 Å². The zero-order chi connectivity index (χ0) is 19.1. The molecule has 1 amide bonds. The van der Waals surface area contributed by atoms with Gasteiger partial charge < -0.3 is 10.1 Å². The summed E-state index contributed by atoms with van der Waals surface area (Å²) in [7, 11) is -3.37. The average molecular weight is 369 g/mol. The Labute approximate surface area is 149 Å². The summed E-state index contributed by atoms with van der Waals surface area (Å²) < 4.78 is 29.5. The van der Waals surface area contributed by atoms with Gasteiger partial charge in [0, 0.05) is 18.5 Å². The van der Waals surface area contributed by atoms with Gasteiger partial charge in [-0.2, -0.15) is 0 Å². The molecule has 25 heavy (non-hydrogen) atoms. The van der Waals surface area contributed by atoms with Gasteiger partial charge in [0.2, 0.25) is 0 Å². The highest BCUT2D eigenvalue weighted by Gasteiger charge is 2.18. The number of ketones is 1. The zero-order valence-corrected chi connectivity index (χ0v) is 16.1. The molecule has 0 aliphatic heterocycles. The molecule has 0 unspecified atom stereocenters. The summed E-state index contributed by atoms with van der Waals surface area (Å²) in [6, 6.07) is 6.05. The van der Waals surface area contributed by atoms with E-state index in [4.69, 9.17) is 4.74 Å². The van der Waals surface area contributed by atoms with E-state index in [0.717, 1.165) is 6.42 Å². The van der Waals surface area contributed by atoms with Gasteiger partial charge >= 0.3 is 6.09 Å². The maximum Gasteiger partial charge on any atom is 0.407 e. The zero-order valence-electron chi connectivity index (χ0n) is 15.3. The molecule has 0 radical (unpaired) electrons. The van der Waals surface area contributed by atoms with Crippen molar-refractivity contribution in [2.45, 2.75) is 57.5 Å². The fourth-order valence-electron chi connectivity index (χ4n) is 2.05. The molecule has 1 aromatic rings. The second-order valence-corrected chi connectivity index (χ2v) is 8.91. The first kappa shape index (κ1) is 21.2. The van der Waals surface area contributed by atoms with E-state index in [9.17, 15) is 18.0 Å². The van der Waals surface area contributed by atoms with Crippen molar-refractivity contribution >= 4 is 21.7 Å². The molecule has 1 aromatic carbocycles. The highest BCUT2D eigenvalue weighted by molar-refractivity contribution is 7.91. The molecule has 0 spiro atoms. The number of nitrogens with one attached hydrogen (secondary N) is 1. The van der Waals surface area contributed by atoms with Crippen LogP contribution in [0.3, 0.4) is 0 Å². The van der Waals surface area contributed by atoms with E-state index in [1.165, 1.54) is 12.1 Å². The molecule has 6 nitrogen and oxygen atoms in total. The Morgan fingerprint density at radius 1 is 1.20 bits per heavy atom. The van der Waals surface area contributed by atoms with E-state index in [1.54, 1.807) is 32.9 Å². The predicted octanol–water partition coefficient (Wildman–Crippen LogP) is 3.36. The lowest BCUT2D eigenvalue weighted by molar-refractivity contribution is 0.0527. The van der Waals surface area contributed by atoms with E-state index >= 15 is 0 Å². The van der Waals surface area contributed by atoms with Gasteiger partial charge in [0.05, 0.1) is 10.6 Å². The van der Waals surface area contributed by atoms with Crippen LogP contribution in [-0.2, 0) is 14.6 Å². The Hall–Kier alpha value is -1.89. The quantitative estimate of drug-likeness (QED) is 0.710. The molecule has 0 saturated carbocycles. The maximum absolute atomic E-state index is 12.2. The Morgan fingerprint density at radius 3 is 2.48 bits per heavy atom. The number of unbranched alkanes of at least 4 members (excludes halogenated alkanes) is 1. The van der Waals surface area contributed by atoms with Crippen LogP contribution in [0.25, 0.3) is 0 Å². The molecule has 0 bridgehead atoms. The van der Waals surface area contributed by atoms with E-state index in [0.29, 0.717) is 12.0 Å². The highest BCUT2D eigenvalue weighted by atomic mass is 32.2. The third kappa shape index (κ3) is 7.69. The van der Waals surface area contributed by atoms with Gasteiger partial charge in [-0.1, -0.05) is 25.5 Å². The number of ether oxygens (including phenoxy) is 1. The second kappa shape index (κ2) is 8.99. The Bertz CT molecular complexity index is 704. The lowest BCUT2D eigenvalue weighted by Crippen LogP contribution is -2.33. The van der Waals surface area contributed by atoms with Crippen molar-refractivity contribution < 1.29 is 22.7 Å². The maximum atomic E-state index is 12.2. The Morgan fingerprint density at radius 2 is 1.88 bits per heavy atom. The Balaban J connectivity index is 2.65. The summed E-state index contributed by atoms with van der Waals surface area (Å²) in [5, 5.41) is 2.51. The minimum atomic E-state index is -3.37. The Kier molecular flexibility index (Phi) is 7.60. The van der Waals surface area contributed by atoms with Gasteiger partial charge in [-0.05, 0) is 39.3 Å². The first-order valence-corrected chi connectivity index (χ1v) is 10.0. The number of hydrogen-bond acceptors (Lipinski definition) is 5. The molecule has 0 aliphatic carbocycles. The molecule has 7 heteroatoms. The largest absolute Gasteiger partial charge is 0.444 e. The summed E-state index contributed by atoms with van der Waals surface area (Å²) in [5.74, 6) is -0.162. The molecule has 140 valence electrons. The van der Waals surface area contributed by atoms with Crippen LogP contribution < -0.4 is 5.32 Å². The third-order valence-corrected chi connectivity index (χ3v) is 5.10. The summed E-state index contributed by atoms with van der Waals surface area (Å²) in [5.41, 5.74) is -0.279. The van der Waals surface area contributed by atoms with Gasteiger partial charge in [-0.3, -0.25) is 4.79 Å². The molecule has 0 saturated heterocycles. The third-order valence-electron chi connectivity index (χ3n) is 3.30. The normalized spacial score (nSPS) is 11.8. The summed E-state index contributed by atoms with van der Waals surface area (Å²) >= 11 is 0. The van der Waals surface area contributed by atoms with Crippen LogP contribution in [0.5, 0.6) is 0 Å². The van der Waals surface area contributed by atoms with Gasteiger partial charge in [-0.25, -0.2) is 13.2 Å². The van der Waals surface area contributed by atoms with Crippen molar-refractivity contribution in [2.24, 2.45) is 0 Å². The number of sulfone groups is 1. The minimum Gasteiger partial charge on any atom is -0.444 e. The SMILES string of the molecule is CCCCS(=O)(=O)c1cccc(C(=O)CCNC(=O)OC(C)(C)C)c1. The van der Waals surface area contributed by atoms with Crippen LogP contribution in [0.1, 0.15) is 57.3 Å². The minimum absolute atomic E-state index is 0.0672. The summed E-state index contributed by atoms with van der Waals surface area (Å²) in [6.45, 7) is 7.31. The van der Waals surface area contributed by atoms with Crippen LogP contribution in [0.4, 0.5) is 4.79 Å². The topological polar surface area (TPSA) is 89.5 Å². The molecule has 0 atom stereocenters. The van der Waals surface area contributed by atoms with Crippen LogP contribution in [-0.4, -0.2) is 38.2 Å². The van der Waals surface area contributed by atoms with Crippen LogP contribution in [0.15, 0.2) is 29.2 Å². The van der Waals surface area contributed by atoms with Crippen molar-refractivity contribution in [3.05, 3.63) is 29.8 Å². The molecular weight excluding hydrogens is 342 g/mol. The monoisotopic (exact) mass is 369 g/mol. The number of carbonyl (C=O) groups excluding carboxylic acids is 2. The van der Waals surface area contributed by atoms with Gasteiger partial charge in [-0.15, -0.1) is 0 Å². The smallest absolute Gasteiger partial charge is 0.407 e. The number of rotatable bonds is 8. The van der Waals surface area contributed by atoms with Crippen LogP contribution in [0.2, 0.25) is 0 Å². The number of Topliss-reactive ketones (excluding diaryl/α,β-unsaturated/α-hetero) is 1. The number of hydrogen-bond donors (Lipinski definition) is 1. The van der Waals surface area contributed by atoms with E-state index in [-0.39, 0.29) is 29.4 Å². The molecule has 1 rings (SSSR count). The number of benzene rings is 1. The van der Waals surface area contributed by atoms with Crippen molar-refractivity contribution in [2.75, 3.05) is 12.3 Å². The van der Waals surface area contributed by atoms with Gasteiger partial charge in [0.15, 0.2) is 15.6 Å². The molecule has 0 aliphatic rings. The fraction of sp³-hybridized carbons (Fsp3) is 0.556. The van der Waals surface area contributed by atoms with E-state index < -0.39 is 21.5 Å². The fourth-order valence-corrected chi connectivity index (χ4v) is 3.55. The lowest BCUT2D eigenvalue weighted by Gasteiger charge is -2.19. The number of carbonyl (C=O) groups is 2. The first-order valence-electron chi connectivity index (χ1n) is 8.38. The first-order chi connectivity index (χ1) is 11.5. The average Bonchev–Trinajstić information content (AvgIpc) is 2.51. The molecule has 0 heterocycles. The summed E-state index contributed by atoms with van der Waals surface area (Å²) in [4.78, 5) is 23.9. The molecule has 1 N–H and O–H groups in total. The molecule has 0 aromatic heterocycles. The number of amides is 1. The standard InChI is InChI=1S/C18H27NO5S/c1-5-6-12-25(22,23)15-9-7-8-14(13-15)16(20)10-11-19-17(21)24-18(2,3)4/h7-9,13H,5-6,10-12H2,1-4H3,(H,19,21). The van der Waals surface area contributed by atoms with Gasteiger partial charge in [0.25, 0.3) is 0 Å². The highest BCUT2D eigenvalue weighted by Crippen LogP contribution is 2.16.